The third-order valence-corrected chi connectivity index (χ3v) is 7.76. The number of hydrogen-bond donors (Lipinski definition) is 9. The molecule has 206 valence electrons. The molecule has 0 amide bonds. The van der Waals surface area contributed by atoms with Crippen LogP contribution in [0.25, 0.3) is 0 Å². The largest absolute Gasteiger partial charge is 0.483 e. The van der Waals surface area contributed by atoms with Crippen LogP contribution < -0.4 is 11.2 Å². The fraction of sp³-hybridized carbons (Fsp3) is 0.733. The van der Waals surface area contributed by atoms with Crippen molar-refractivity contribution < 1.29 is 72.4 Å². The maximum absolute atomic E-state index is 12.2. The molecule has 0 radical (unpaired) electrons. The second-order valence-corrected chi connectivity index (χ2v) is 10.7. The molecule has 36 heavy (non-hydrogen) atoms. The van der Waals surface area contributed by atoms with Crippen molar-refractivity contribution in [2.24, 2.45) is 0 Å². The Morgan fingerprint density at radius 1 is 0.917 bits per heavy atom. The number of aromatic nitrogens is 2. The van der Waals surface area contributed by atoms with Crippen LogP contribution in [0.1, 0.15) is 6.23 Å². The average Bonchev–Trinajstić information content (AvgIpc) is 3.06. The van der Waals surface area contributed by atoms with Gasteiger partial charge in [0.05, 0.1) is 13.2 Å². The number of aromatic amines is 1. The zero-order valence-corrected chi connectivity index (χ0v) is 19.6. The van der Waals surface area contributed by atoms with Gasteiger partial charge in [-0.2, -0.15) is 4.31 Å². The highest BCUT2D eigenvalue weighted by molar-refractivity contribution is 7.61. The summed E-state index contributed by atoms with van der Waals surface area (Å²) in [4.78, 5) is 44.5. The zero-order chi connectivity index (χ0) is 27.0. The van der Waals surface area contributed by atoms with Gasteiger partial charge in [-0.1, -0.05) is 0 Å². The highest BCUT2D eigenvalue weighted by atomic mass is 31.3. The number of hydrogen-bond acceptors (Lipinski definition) is 15. The van der Waals surface area contributed by atoms with E-state index in [2.05, 4.69) is 13.4 Å². The number of phosphoric ester groups is 2. The van der Waals surface area contributed by atoms with Crippen molar-refractivity contribution in [2.45, 2.75) is 55.2 Å². The van der Waals surface area contributed by atoms with Gasteiger partial charge in [0, 0.05) is 12.3 Å². The molecule has 2 fully saturated rings. The van der Waals surface area contributed by atoms with Crippen LogP contribution >= 0.6 is 15.6 Å². The average molecular weight is 566 g/mol. The van der Waals surface area contributed by atoms with Crippen LogP contribution in [-0.4, -0.2) is 112 Å². The minimum absolute atomic E-state index is 0.723. The molecule has 0 aliphatic carbocycles. The quantitative estimate of drug-likeness (QED) is 0.127. The van der Waals surface area contributed by atoms with Crippen LogP contribution in [0.5, 0.6) is 0 Å². The summed E-state index contributed by atoms with van der Waals surface area (Å²) < 4.78 is 48.1. The summed E-state index contributed by atoms with van der Waals surface area (Å²) in [5.74, 6) is 0. The lowest BCUT2D eigenvalue weighted by Crippen LogP contribution is -2.58. The first kappa shape index (κ1) is 29.2. The van der Waals surface area contributed by atoms with Crippen molar-refractivity contribution in [3.05, 3.63) is 33.1 Å². The van der Waals surface area contributed by atoms with E-state index >= 15 is 0 Å². The second-order valence-electron chi connectivity index (χ2n) is 7.68. The summed E-state index contributed by atoms with van der Waals surface area (Å²) in [6.45, 7) is -1.93. The lowest BCUT2D eigenvalue weighted by atomic mass is 10.00. The maximum atomic E-state index is 12.2. The number of phosphoric acid groups is 2. The topological polar surface area (TPSA) is 297 Å². The fourth-order valence-electron chi connectivity index (χ4n) is 3.35. The molecule has 2 saturated heterocycles. The molecule has 11 atom stereocenters. The third kappa shape index (κ3) is 6.54. The molecule has 1 aromatic rings. The molecular formula is C15H24N2O17P2. The summed E-state index contributed by atoms with van der Waals surface area (Å²) in [5, 5.41) is 58.6. The van der Waals surface area contributed by atoms with Crippen molar-refractivity contribution in [2.75, 3.05) is 13.2 Å². The Kier molecular flexibility index (Phi) is 9.05. The SMILES string of the molecule is O=c1ccn([C@@H]2O[C@H](COP(=O)(O)OP(=O)(O)O[C@H]3O[C@H](CO)[C@@H](O)[C@H](O)[C@H]3O)[C@H](O)[C@H]2O)c(=O)[nH]1. The van der Waals surface area contributed by atoms with E-state index in [0.29, 0.717) is 0 Å². The van der Waals surface area contributed by atoms with Gasteiger partial charge in [0.15, 0.2) is 12.5 Å². The van der Waals surface area contributed by atoms with Gasteiger partial charge in [0.1, 0.15) is 42.7 Å². The maximum Gasteiger partial charge on any atom is 0.483 e. The van der Waals surface area contributed by atoms with Crippen LogP contribution in [0, 0.1) is 0 Å². The molecule has 19 nitrogen and oxygen atoms in total. The number of nitrogens with zero attached hydrogens (tertiary/aromatic N) is 1. The summed E-state index contributed by atoms with van der Waals surface area (Å²) in [6.07, 6.45) is -15.4. The van der Waals surface area contributed by atoms with Crippen LogP contribution in [0.3, 0.4) is 0 Å². The first-order valence-electron chi connectivity index (χ1n) is 9.99. The number of aliphatic hydroxyl groups excluding tert-OH is 6. The smallest absolute Gasteiger partial charge is 0.394 e. The second kappa shape index (κ2) is 11.2. The predicted octanol–water partition coefficient (Wildman–Crippen LogP) is -4.79. The monoisotopic (exact) mass is 566 g/mol. The van der Waals surface area contributed by atoms with Crippen LogP contribution in [0.15, 0.2) is 21.9 Å². The summed E-state index contributed by atoms with van der Waals surface area (Å²) in [5.41, 5.74) is -1.75. The third-order valence-electron chi connectivity index (χ3n) is 5.16. The van der Waals surface area contributed by atoms with Gasteiger partial charge in [0.2, 0.25) is 0 Å². The molecule has 0 saturated carbocycles. The van der Waals surface area contributed by atoms with E-state index in [1.54, 1.807) is 0 Å². The van der Waals surface area contributed by atoms with E-state index in [0.717, 1.165) is 16.8 Å². The molecule has 0 spiro atoms. The van der Waals surface area contributed by atoms with Gasteiger partial charge in [0.25, 0.3) is 5.56 Å². The highest BCUT2D eigenvalue weighted by Crippen LogP contribution is 2.61. The molecule has 0 aromatic carbocycles. The molecule has 2 unspecified atom stereocenters. The van der Waals surface area contributed by atoms with Crippen molar-refractivity contribution >= 4 is 15.6 Å². The Morgan fingerprint density at radius 2 is 1.56 bits per heavy atom. The molecule has 1 aromatic heterocycles. The lowest BCUT2D eigenvalue weighted by molar-refractivity contribution is -0.280. The van der Waals surface area contributed by atoms with Gasteiger partial charge in [-0.05, 0) is 0 Å². The van der Waals surface area contributed by atoms with E-state index in [1.807, 2.05) is 4.98 Å². The molecular weight excluding hydrogens is 542 g/mol. The van der Waals surface area contributed by atoms with E-state index in [1.165, 1.54) is 0 Å². The van der Waals surface area contributed by atoms with E-state index in [4.69, 9.17) is 14.6 Å². The summed E-state index contributed by atoms with van der Waals surface area (Å²) in [7, 11) is -11.1. The number of H-pyrrole nitrogens is 1. The first-order chi connectivity index (χ1) is 16.7. The zero-order valence-electron chi connectivity index (χ0n) is 17.9. The van der Waals surface area contributed by atoms with Gasteiger partial charge in [-0.15, -0.1) is 0 Å². The molecule has 21 heteroatoms. The fourth-order valence-corrected chi connectivity index (χ4v) is 5.51. The molecule has 9 N–H and O–H groups in total. The minimum atomic E-state index is -5.59. The van der Waals surface area contributed by atoms with Gasteiger partial charge in [-0.25, -0.2) is 13.9 Å². The summed E-state index contributed by atoms with van der Waals surface area (Å²) in [6, 6.07) is 0.928. The summed E-state index contributed by atoms with van der Waals surface area (Å²) >= 11 is 0. The standard InChI is InChI=1S/C15H24N2O17P2/c18-3-5-8(20)10(22)12(24)14(32-5)33-36(28,29)34-35(26,27)30-4-6-9(21)11(23)13(31-6)17-2-1-7(19)16-15(17)25/h1-2,5-6,8-14,18,20-24H,3-4H2,(H,26,27)(H,28,29)(H,16,19,25)/t5-,6-,8-,9+,10+,11-,12-,13-,14-/m1/s1. The number of ether oxygens (including phenoxy) is 2. The van der Waals surface area contributed by atoms with Crippen molar-refractivity contribution in [3.8, 4) is 0 Å². The minimum Gasteiger partial charge on any atom is -0.394 e. The van der Waals surface area contributed by atoms with E-state index in [-0.39, 0.29) is 0 Å². The Labute approximate surface area is 199 Å². The van der Waals surface area contributed by atoms with Crippen molar-refractivity contribution in [1.29, 1.82) is 0 Å². The highest BCUT2D eigenvalue weighted by Gasteiger charge is 2.49. The van der Waals surface area contributed by atoms with Crippen molar-refractivity contribution in [1.82, 2.24) is 9.55 Å². The normalized spacial score (nSPS) is 38.4. The van der Waals surface area contributed by atoms with Gasteiger partial charge < -0.3 is 49.9 Å². The molecule has 2 aliphatic rings. The van der Waals surface area contributed by atoms with Crippen molar-refractivity contribution in [3.63, 3.8) is 0 Å². The molecule has 3 rings (SSSR count). The van der Waals surface area contributed by atoms with E-state index in [9.17, 15) is 54.0 Å². The predicted molar refractivity (Wildman–Crippen MR) is 109 cm³/mol. The van der Waals surface area contributed by atoms with Crippen LogP contribution in [-0.2, 0) is 32.0 Å². The lowest BCUT2D eigenvalue weighted by Gasteiger charge is -2.39. The molecule has 3 heterocycles. The number of rotatable bonds is 9. The van der Waals surface area contributed by atoms with Gasteiger partial charge in [-0.3, -0.25) is 23.4 Å². The number of nitrogens with one attached hydrogen (secondary N) is 1. The van der Waals surface area contributed by atoms with Crippen LogP contribution in [0.4, 0.5) is 0 Å². The molecule has 0 bridgehead atoms. The Bertz CT molecular complexity index is 1120. The van der Waals surface area contributed by atoms with Gasteiger partial charge >= 0.3 is 21.3 Å². The number of aliphatic hydroxyl groups is 6. The Balaban J connectivity index is 1.61. The van der Waals surface area contributed by atoms with E-state index < -0.39 is 95.4 Å². The molecule has 2 aliphatic heterocycles. The first-order valence-corrected chi connectivity index (χ1v) is 13.0. The Hall–Kier alpha value is -1.38. The van der Waals surface area contributed by atoms with Crippen LogP contribution in [0.2, 0.25) is 0 Å². The Morgan fingerprint density at radius 3 is 2.17 bits per heavy atom.